The fourth-order valence-electron chi connectivity index (χ4n) is 4.88. The first-order valence-corrected chi connectivity index (χ1v) is 13.7. The summed E-state index contributed by atoms with van der Waals surface area (Å²) in [5, 5.41) is 12.0. The van der Waals surface area contributed by atoms with Crippen LogP contribution in [0.25, 0.3) is 11.0 Å². The number of ketones is 2. The molecule has 1 aliphatic heterocycles. The second-order valence-electron chi connectivity index (χ2n) is 9.63. The Morgan fingerprint density at radius 2 is 1.73 bits per heavy atom. The van der Waals surface area contributed by atoms with Gasteiger partial charge in [0.05, 0.1) is 22.2 Å². The quantitative estimate of drug-likeness (QED) is 0.207. The highest BCUT2D eigenvalue weighted by atomic mass is 32.1. The summed E-state index contributed by atoms with van der Waals surface area (Å²) in [4.78, 5) is 45.7. The molecule has 0 bridgehead atoms. The third-order valence-electron chi connectivity index (χ3n) is 6.86. The van der Waals surface area contributed by atoms with Gasteiger partial charge >= 0.3 is 0 Å². The molecule has 0 unspecified atom stereocenters. The molecule has 9 heteroatoms. The molecule has 8 nitrogen and oxygen atoms in total. The van der Waals surface area contributed by atoms with Crippen molar-refractivity contribution in [1.29, 1.82) is 0 Å². The van der Waals surface area contributed by atoms with Gasteiger partial charge in [-0.25, -0.2) is 4.98 Å². The number of hydrogen-bond donors (Lipinski definition) is 1. The molecule has 6 rings (SSSR count). The summed E-state index contributed by atoms with van der Waals surface area (Å²) >= 11 is 1.04. The van der Waals surface area contributed by atoms with Crippen molar-refractivity contribution >= 4 is 44.9 Å². The molecule has 3 heterocycles. The number of Topliss-reactive ketones (excluding diaryl/α,β-unsaturated/α-hetero) is 2. The minimum atomic E-state index is -1.02. The number of amides is 1. The molecule has 1 amide bonds. The second kappa shape index (κ2) is 10.5. The Bertz CT molecular complexity index is 1800. The van der Waals surface area contributed by atoms with E-state index in [-0.39, 0.29) is 22.2 Å². The fraction of sp³-hybridized carbons (Fsp3) is 0.125. The smallest absolute Gasteiger partial charge is 0.296 e. The van der Waals surface area contributed by atoms with Crippen molar-refractivity contribution in [1.82, 2.24) is 4.98 Å². The van der Waals surface area contributed by atoms with Crippen LogP contribution < -0.4 is 9.64 Å². The van der Waals surface area contributed by atoms with Crippen molar-refractivity contribution in [3.8, 4) is 5.75 Å². The molecular weight excluding hydrogens is 540 g/mol. The lowest BCUT2D eigenvalue weighted by molar-refractivity contribution is -0.117. The Morgan fingerprint density at radius 1 is 1.02 bits per heavy atom. The van der Waals surface area contributed by atoms with Gasteiger partial charge in [-0.05, 0) is 42.3 Å². The number of para-hydroxylation sites is 1. The first-order chi connectivity index (χ1) is 19.8. The highest BCUT2D eigenvalue weighted by molar-refractivity contribution is 7.17. The Labute approximate surface area is 239 Å². The Morgan fingerprint density at radius 3 is 2.41 bits per heavy atom. The van der Waals surface area contributed by atoms with Crippen LogP contribution in [0.15, 0.2) is 101 Å². The number of carbonyl (C=O) groups is 3. The molecule has 0 spiro atoms. The number of ether oxygens (including phenoxy) is 1. The maximum Gasteiger partial charge on any atom is 0.296 e. The third kappa shape index (κ3) is 4.81. The largest absolute Gasteiger partial charge is 0.503 e. The molecule has 5 aromatic rings. The van der Waals surface area contributed by atoms with Gasteiger partial charge in [-0.15, -0.1) is 0 Å². The number of furan rings is 1. The minimum absolute atomic E-state index is 0.00467. The van der Waals surface area contributed by atoms with E-state index in [4.69, 9.17) is 9.15 Å². The number of fused-ring (bicyclic) bond motifs is 1. The van der Waals surface area contributed by atoms with Crippen LogP contribution in [0.3, 0.4) is 0 Å². The summed E-state index contributed by atoms with van der Waals surface area (Å²) < 4.78 is 11.7. The van der Waals surface area contributed by atoms with Crippen molar-refractivity contribution in [3.05, 3.63) is 124 Å². The van der Waals surface area contributed by atoms with Gasteiger partial charge in [-0.2, -0.15) is 0 Å². The molecule has 3 aromatic carbocycles. The van der Waals surface area contributed by atoms with Crippen LogP contribution in [0.2, 0.25) is 0 Å². The monoisotopic (exact) mass is 564 g/mol. The second-order valence-corrected chi connectivity index (χ2v) is 10.6. The zero-order valence-electron chi connectivity index (χ0n) is 22.2. The number of rotatable bonds is 8. The molecule has 1 aliphatic rings. The molecule has 204 valence electrons. The Kier molecular flexibility index (Phi) is 6.72. The fourth-order valence-corrected chi connectivity index (χ4v) is 5.86. The zero-order valence-corrected chi connectivity index (χ0v) is 23.0. The molecule has 2 aromatic heterocycles. The molecular formula is C32H24N2O6S. The number of thiazole rings is 1. The van der Waals surface area contributed by atoms with E-state index in [0.717, 1.165) is 22.3 Å². The van der Waals surface area contributed by atoms with E-state index < -0.39 is 23.5 Å². The summed E-state index contributed by atoms with van der Waals surface area (Å²) in [5.74, 6) is -1.70. The van der Waals surface area contributed by atoms with Gasteiger partial charge in [0.1, 0.15) is 17.9 Å². The van der Waals surface area contributed by atoms with Crippen LogP contribution in [0, 0.1) is 6.92 Å². The average Bonchev–Trinajstić information content (AvgIpc) is 3.66. The maximum atomic E-state index is 13.9. The van der Waals surface area contributed by atoms with E-state index in [0.29, 0.717) is 34.1 Å². The molecule has 1 N–H and O–H groups in total. The number of aliphatic hydroxyl groups excluding tert-OH is 1. The molecule has 0 saturated carbocycles. The highest BCUT2D eigenvalue weighted by Gasteiger charge is 2.46. The maximum absolute atomic E-state index is 13.9. The molecule has 0 aliphatic carbocycles. The van der Waals surface area contributed by atoms with Gasteiger partial charge in [0, 0.05) is 12.3 Å². The summed E-state index contributed by atoms with van der Waals surface area (Å²) in [7, 11) is 0. The molecule has 41 heavy (non-hydrogen) atoms. The van der Waals surface area contributed by atoms with Crippen molar-refractivity contribution in [2.24, 2.45) is 0 Å². The lowest BCUT2D eigenvalue weighted by Gasteiger charge is -2.24. The number of aliphatic hydroxyl groups is 1. The number of aryl methyl sites for hydroxylation is 1. The lowest BCUT2D eigenvalue weighted by Crippen LogP contribution is -2.31. The van der Waals surface area contributed by atoms with E-state index in [9.17, 15) is 19.5 Å². The molecule has 0 fully saturated rings. The number of hydrogen-bond acceptors (Lipinski definition) is 8. The first-order valence-electron chi connectivity index (χ1n) is 12.9. The van der Waals surface area contributed by atoms with Gasteiger partial charge in [-0.3, -0.25) is 19.3 Å². The number of benzene rings is 3. The summed E-state index contributed by atoms with van der Waals surface area (Å²) in [5.41, 5.74) is 2.40. The van der Waals surface area contributed by atoms with E-state index in [1.165, 1.54) is 11.8 Å². The SMILES string of the molecule is CC(=O)c1sc(N2C(=O)C(O)=C(C(=O)c3cc4ccccc4o3)[C@@H]2c2ccc(OCc3ccccc3)cc2)nc1C. The third-order valence-corrected chi connectivity index (χ3v) is 8.11. The Hall–Kier alpha value is -5.02. The summed E-state index contributed by atoms with van der Waals surface area (Å²) in [6.07, 6.45) is 0. The van der Waals surface area contributed by atoms with E-state index in [1.807, 2.05) is 42.5 Å². The predicted octanol–water partition coefficient (Wildman–Crippen LogP) is 6.76. The molecule has 0 radical (unpaired) electrons. The van der Waals surface area contributed by atoms with Crippen LogP contribution in [0.5, 0.6) is 5.75 Å². The summed E-state index contributed by atoms with van der Waals surface area (Å²) in [6, 6.07) is 24.4. The number of anilines is 1. The van der Waals surface area contributed by atoms with Crippen molar-refractivity contribution in [2.45, 2.75) is 26.5 Å². The molecule has 1 atom stereocenters. The van der Waals surface area contributed by atoms with Crippen LogP contribution in [0.4, 0.5) is 5.13 Å². The number of carbonyl (C=O) groups excluding carboxylic acids is 3. The topological polar surface area (TPSA) is 110 Å². The number of nitrogens with zero attached hydrogens (tertiary/aromatic N) is 2. The predicted molar refractivity (Wildman–Crippen MR) is 154 cm³/mol. The highest BCUT2D eigenvalue weighted by Crippen LogP contribution is 2.44. The van der Waals surface area contributed by atoms with Gasteiger partial charge in [0.15, 0.2) is 22.4 Å². The normalized spacial score (nSPS) is 15.1. The van der Waals surface area contributed by atoms with Crippen molar-refractivity contribution in [3.63, 3.8) is 0 Å². The van der Waals surface area contributed by atoms with E-state index in [1.54, 1.807) is 49.4 Å². The van der Waals surface area contributed by atoms with Gasteiger partial charge < -0.3 is 14.3 Å². The lowest BCUT2D eigenvalue weighted by atomic mass is 9.95. The standard InChI is InChI=1S/C32H24N2O6S/c1-18-30(19(2)35)41-32(33-18)34-27(21-12-14-23(15-13-21)39-17-20-8-4-3-5-9-20)26(29(37)31(34)38)28(36)25-16-22-10-6-7-11-24(22)40-25/h3-16,27,37H,17H2,1-2H3/t27-/m0/s1. The molecule has 0 saturated heterocycles. The average molecular weight is 565 g/mol. The van der Waals surface area contributed by atoms with Crippen LogP contribution >= 0.6 is 11.3 Å². The van der Waals surface area contributed by atoms with Gasteiger partial charge in [0.25, 0.3) is 5.91 Å². The van der Waals surface area contributed by atoms with E-state index >= 15 is 0 Å². The minimum Gasteiger partial charge on any atom is -0.503 e. The van der Waals surface area contributed by atoms with Crippen LogP contribution in [-0.2, 0) is 11.4 Å². The van der Waals surface area contributed by atoms with Crippen LogP contribution in [-0.4, -0.2) is 27.6 Å². The summed E-state index contributed by atoms with van der Waals surface area (Å²) in [6.45, 7) is 3.48. The van der Waals surface area contributed by atoms with Gasteiger partial charge in [0.2, 0.25) is 5.78 Å². The zero-order chi connectivity index (χ0) is 28.7. The van der Waals surface area contributed by atoms with E-state index in [2.05, 4.69) is 4.98 Å². The van der Waals surface area contributed by atoms with Crippen molar-refractivity contribution < 1.29 is 28.6 Å². The number of aromatic nitrogens is 1. The van der Waals surface area contributed by atoms with Crippen LogP contribution in [0.1, 0.15) is 50.0 Å². The first kappa shape index (κ1) is 26.2. The van der Waals surface area contributed by atoms with Gasteiger partial charge in [-0.1, -0.05) is 72.0 Å². The van der Waals surface area contributed by atoms with Crippen molar-refractivity contribution in [2.75, 3.05) is 4.90 Å². The Balaban J connectivity index is 1.40.